The van der Waals surface area contributed by atoms with Crippen molar-refractivity contribution in [2.24, 2.45) is 0 Å². The Kier molecular flexibility index (Phi) is 6.70. The summed E-state index contributed by atoms with van der Waals surface area (Å²) >= 11 is 0. The van der Waals surface area contributed by atoms with E-state index in [4.69, 9.17) is 14.6 Å². The zero-order valence-electron chi connectivity index (χ0n) is 17.7. The fraction of sp³-hybridized carbons (Fsp3) is 0.375. The Morgan fingerprint density at radius 2 is 1.62 bits per heavy atom. The number of carbonyl (C=O) groups is 3. The zero-order valence-corrected chi connectivity index (χ0v) is 17.7. The van der Waals surface area contributed by atoms with Gasteiger partial charge in [-0.2, -0.15) is 0 Å². The molecule has 1 saturated carbocycles. The number of benzene rings is 2. The summed E-state index contributed by atoms with van der Waals surface area (Å²) in [6.07, 6.45) is 1.09. The maximum atomic E-state index is 12.1. The van der Waals surface area contributed by atoms with Crippen LogP contribution in [0.5, 0.6) is 0 Å². The highest BCUT2D eigenvalue weighted by molar-refractivity contribution is 5.83. The molecule has 2 amide bonds. The molecule has 2 aromatic rings. The van der Waals surface area contributed by atoms with Crippen LogP contribution in [0.25, 0.3) is 11.1 Å². The zero-order chi connectivity index (χ0) is 22.5. The van der Waals surface area contributed by atoms with Gasteiger partial charge in [-0.25, -0.2) is 4.79 Å². The standard InChI is InChI=1S/C24H26N2O6/c27-22(26(13-23(28)29)16-9-10-16)15-31-12-11-25-24(30)32-14-21-19-7-3-1-5-17(19)18-6-2-4-8-20(18)21/h1-8,16,21H,9-15H2,(H,25,30)(H,28,29). The highest BCUT2D eigenvalue weighted by Gasteiger charge is 2.33. The van der Waals surface area contributed by atoms with Crippen LogP contribution in [0.2, 0.25) is 0 Å². The molecule has 0 spiro atoms. The second kappa shape index (κ2) is 9.82. The second-order valence-corrected chi connectivity index (χ2v) is 7.95. The number of carbonyl (C=O) groups excluding carboxylic acids is 2. The molecule has 2 N–H and O–H groups in total. The van der Waals surface area contributed by atoms with E-state index in [-0.39, 0.29) is 50.8 Å². The molecule has 0 atom stereocenters. The van der Waals surface area contributed by atoms with Gasteiger partial charge in [0.2, 0.25) is 5.91 Å². The van der Waals surface area contributed by atoms with Crippen LogP contribution in [-0.2, 0) is 19.1 Å². The first kappa shape index (κ1) is 21.8. The van der Waals surface area contributed by atoms with Gasteiger partial charge in [-0.15, -0.1) is 0 Å². The average Bonchev–Trinajstić information content (AvgIpc) is 3.58. The SMILES string of the molecule is O=C(O)CN(C(=O)COCCNC(=O)OCC1c2ccccc2-c2ccccc21)C1CC1. The molecule has 0 heterocycles. The number of rotatable bonds is 10. The number of alkyl carbamates (subject to hydrolysis) is 1. The third kappa shape index (κ3) is 5.08. The van der Waals surface area contributed by atoms with Crippen LogP contribution < -0.4 is 5.32 Å². The van der Waals surface area contributed by atoms with E-state index in [1.165, 1.54) is 16.0 Å². The number of hydrogen-bond donors (Lipinski definition) is 2. The number of hydrogen-bond acceptors (Lipinski definition) is 5. The molecule has 0 aromatic heterocycles. The highest BCUT2D eigenvalue weighted by atomic mass is 16.5. The van der Waals surface area contributed by atoms with Gasteiger partial charge in [0.1, 0.15) is 19.8 Å². The number of nitrogens with one attached hydrogen (secondary N) is 1. The van der Waals surface area contributed by atoms with Crippen molar-refractivity contribution in [2.75, 3.05) is 32.9 Å². The molecule has 0 aliphatic heterocycles. The van der Waals surface area contributed by atoms with Gasteiger partial charge < -0.3 is 24.8 Å². The summed E-state index contributed by atoms with van der Waals surface area (Å²) < 4.78 is 10.7. The van der Waals surface area contributed by atoms with Crippen molar-refractivity contribution in [1.82, 2.24) is 10.2 Å². The number of carboxylic acid groups (broad SMARTS) is 1. The number of nitrogens with zero attached hydrogens (tertiary/aromatic N) is 1. The van der Waals surface area contributed by atoms with Gasteiger partial charge in [-0.1, -0.05) is 48.5 Å². The van der Waals surface area contributed by atoms with Gasteiger partial charge in [-0.3, -0.25) is 9.59 Å². The summed E-state index contributed by atoms with van der Waals surface area (Å²) in [7, 11) is 0. The van der Waals surface area contributed by atoms with Crippen LogP contribution >= 0.6 is 0 Å². The monoisotopic (exact) mass is 438 g/mol. The first-order valence-corrected chi connectivity index (χ1v) is 10.7. The molecule has 4 rings (SSSR count). The largest absolute Gasteiger partial charge is 0.480 e. The van der Waals surface area contributed by atoms with Crippen molar-refractivity contribution in [3.8, 4) is 11.1 Å². The van der Waals surface area contributed by atoms with Crippen molar-refractivity contribution in [3.63, 3.8) is 0 Å². The predicted octanol–water partition coefficient (Wildman–Crippen LogP) is 2.62. The number of aliphatic carboxylic acids is 1. The summed E-state index contributed by atoms with van der Waals surface area (Å²) in [5.74, 6) is -1.40. The Morgan fingerprint density at radius 1 is 1.00 bits per heavy atom. The average molecular weight is 438 g/mol. The van der Waals surface area contributed by atoms with Crippen LogP contribution in [0.1, 0.15) is 29.9 Å². The molecule has 2 aromatic carbocycles. The molecular formula is C24H26N2O6. The molecule has 8 nitrogen and oxygen atoms in total. The van der Waals surface area contributed by atoms with E-state index in [9.17, 15) is 14.4 Å². The predicted molar refractivity (Wildman–Crippen MR) is 116 cm³/mol. The van der Waals surface area contributed by atoms with Crippen molar-refractivity contribution in [1.29, 1.82) is 0 Å². The van der Waals surface area contributed by atoms with Crippen molar-refractivity contribution < 1.29 is 29.0 Å². The van der Waals surface area contributed by atoms with E-state index >= 15 is 0 Å². The van der Waals surface area contributed by atoms with Crippen molar-refractivity contribution >= 4 is 18.0 Å². The Morgan fingerprint density at radius 3 is 2.22 bits per heavy atom. The van der Waals surface area contributed by atoms with Gasteiger partial charge in [0.05, 0.1) is 6.61 Å². The summed E-state index contributed by atoms with van der Waals surface area (Å²) in [4.78, 5) is 36.5. The lowest BCUT2D eigenvalue weighted by atomic mass is 9.98. The topological polar surface area (TPSA) is 105 Å². The lowest BCUT2D eigenvalue weighted by Crippen LogP contribution is -2.40. The number of carboxylic acids is 1. The van der Waals surface area contributed by atoms with Gasteiger partial charge in [0, 0.05) is 18.5 Å². The smallest absolute Gasteiger partial charge is 0.407 e. The third-order valence-corrected chi connectivity index (χ3v) is 5.70. The van der Waals surface area contributed by atoms with Gasteiger partial charge in [-0.05, 0) is 35.1 Å². The van der Waals surface area contributed by atoms with Crippen LogP contribution in [0.4, 0.5) is 4.79 Å². The normalized spacial score (nSPS) is 14.4. The lowest BCUT2D eigenvalue weighted by Gasteiger charge is -2.20. The van der Waals surface area contributed by atoms with Crippen LogP contribution in [0, 0.1) is 0 Å². The minimum atomic E-state index is -1.04. The Hall–Kier alpha value is -3.39. The van der Waals surface area contributed by atoms with E-state index in [1.807, 2.05) is 24.3 Å². The minimum absolute atomic E-state index is 0.00107. The summed E-state index contributed by atoms with van der Waals surface area (Å²) in [5, 5.41) is 11.5. The first-order chi connectivity index (χ1) is 15.5. The fourth-order valence-electron chi connectivity index (χ4n) is 4.07. The molecule has 0 unspecified atom stereocenters. The Balaban J connectivity index is 1.19. The molecular weight excluding hydrogens is 412 g/mol. The molecule has 0 bridgehead atoms. The maximum Gasteiger partial charge on any atom is 0.407 e. The van der Waals surface area contributed by atoms with Gasteiger partial charge in [0.15, 0.2) is 0 Å². The highest BCUT2D eigenvalue weighted by Crippen LogP contribution is 2.44. The third-order valence-electron chi connectivity index (χ3n) is 5.70. The molecule has 0 radical (unpaired) electrons. The molecule has 2 aliphatic carbocycles. The number of ether oxygens (including phenoxy) is 2. The van der Waals surface area contributed by atoms with Crippen LogP contribution in [0.15, 0.2) is 48.5 Å². The molecule has 32 heavy (non-hydrogen) atoms. The van der Waals surface area contributed by atoms with Crippen LogP contribution in [0.3, 0.4) is 0 Å². The number of amides is 2. The van der Waals surface area contributed by atoms with E-state index in [0.29, 0.717) is 0 Å². The summed E-state index contributed by atoms with van der Waals surface area (Å²) in [6.45, 7) is 0.0135. The summed E-state index contributed by atoms with van der Waals surface area (Å²) in [6, 6.07) is 16.2. The molecule has 1 fully saturated rings. The number of fused-ring (bicyclic) bond motifs is 3. The molecule has 168 valence electrons. The van der Waals surface area contributed by atoms with E-state index in [2.05, 4.69) is 29.6 Å². The molecule has 2 aliphatic rings. The first-order valence-electron chi connectivity index (χ1n) is 10.7. The van der Waals surface area contributed by atoms with E-state index in [1.54, 1.807) is 0 Å². The summed E-state index contributed by atoms with van der Waals surface area (Å²) in [5.41, 5.74) is 4.62. The van der Waals surface area contributed by atoms with Crippen molar-refractivity contribution in [3.05, 3.63) is 59.7 Å². The lowest BCUT2D eigenvalue weighted by molar-refractivity contribution is -0.147. The Labute approximate surface area is 186 Å². The quantitative estimate of drug-likeness (QED) is 0.553. The maximum absolute atomic E-state index is 12.1. The van der Waals surface area contributed by atoms with Gasteiger partial charge >= 0.3 is 12.1 Å². The van der Waals surface area contributed by atoms with Crippen molar-refractivity contribution in [2.45, 2.75) is 24.8 Å². The van der Waals surface area contributed by atoms with E-state index in [0.717, 1.165) is 24.0 Å². The second-order valence-electron chi connectivity index (χ2n) is 7.95. The minimum Gasteiger partial charge on any atom is -0.480 e. The fourth-order valence-corrected chi connectivity index (χ4v) is 4.07. The molecule has 8 heteroatoms. The Bertz CT molecular complexity index is 958. The van der Waals surface area contributed by atoms with Crippen LogP contribution in [-0.4, -0.2) is 66.9 Å². The van der Waals surface area contributed by atoms with E-state index < -0.39 is 12.1 Å². The van der Waals surface area contributed by atoms with Gasteiger partial charge in [0.25, 0.3) is 0 Å². The molecule has 0 saturated heterocycles.